The molecule has 7 heteroatoms. The summed E-state index contributed by atoms with van der Waals surface area (Å²) in [6.07, 6.45) is 0. The van der Waals surface area contributed by atoms with Gasteiger partial charge in [-0.05, 0) is 12.1 Å². The molecule has 0 fully saturated rings. The van der Waals surface area contributed by atoms with Gasteiger partial charge in [0.1, 0.15) is 6.04 Å². The van der Waals surface area contributed by atoms with E-state index in [1.807, 2.05) is 18.2 Å². The molecule has 0 heterocycles. The molecule has 0 radical (unpaired) electrons. The van der Waals surface area contributed by atoms with Crippen LogP contribution < -0.4 is 5.32 Å². The first-order valence-electron chi connectivity index (χ1n) is 5.17. The van der Waals surface area contributed by atoms with Gasteiger partial charge >= 0.3 is 5.97 Å². The highest BCUT2D eigenvalue weighted by molar-refractivity contribution is 7.97. The molecular weight excluding hydrogens is 254 g/mol. The lowest BCUT2D eigenvalue weighted by atomic mass is 10.3. The van der Waals surface area contributed by atoms with Gasteiger partial charge in [-0.25, -0.2) is 4.79 Å². The fourth-order valence-electron chi connectivity index (χ4n) is 1.10. The van der Waals surface area contributed by atoms with Crippen LogP contribution in [0.3, 0.4) is 0 Å². The number of nitrogens with zero attached hydrogens (tertiary/aromatic N) is 2. The maximum atomic E-state index is 10.8. The zero-order chi connectivity index (χ0) is 13.4. The summed E-state index contributed by atoms with van der Waals surface area (Å²) < 4.78 is 3.80. The molecule has 1 aromatic carbocycles. The van der Waals surface area contributed by atoms with Crippen LogP contribution in [0.5, 0.6) is 0 Å². The Morgan fingerprint density at radius 2 is 2.06 bits per heavy atom. The number of nitrogens with one attached hydrogen (secondary N) is 1. The highest BCUT2D eigenvalue weighted by Gasteiger charge is 2.17. The molecule has 6 nitrogen and oxygen atoms in total. The molecule has 0 saturated heterocycles. The van der Waals surface area contributed by atoms with E-state index in [1.54, 1.807) is 12.1 Å². The Kier molecular flexibility index (Phi) is 5.86. The van der Waals surface area contributed by atoms with Crippen molar-refractivity contribution in [3.63, 3.8) is 0 Å². The number of carboxylic acids is 1. The molecule has 1 aromatic rings. The van der Waals surface area contributed by atoms with E-state index in [0.717, 1.165) is 11.9 Å². The van der Waals surface area contributed by atoms with Gasteiger partial charge in [0.2, 0.25) is 5.91 Å². The molecule has 1 amide bonds. The molecule has 0 spiro atoms. The molecule has 0 aliphatic rings. The van der Waals surface area contributed by atoms with Gasteiger partial charge in [-0.2, -0.15) is 0 Å². The predicted octanol–water partition coefficient (Wildman–Crippen LogP) is 2.01. The van der Waals surface area contributed by atoms with Gasteiger partial charge in [0, 0.05) is 24.6 Å². The second-order valence-corrected chi connectivity index (χ2v) is 4.16. The Morgan fingerprint density at radius 3 is 2.61 bits per heavy atom. The fraction of sp³-hybridized carbons (Fsp3) is 0.273. The van der Waals surface area contributed by atoms with Crippen molar-refractivity contribution < 1.29 is 14.7 Å². The number of aliphatic carboxylic acids is 1. The number of carboxylic acid groups (broad SMARTS) is 1. The molecule has 0 saturated carbocycles. The van der Waals surface area contributed by atoms with Crippen molar-refractivity contribution >= 4 is 29.5 Å². The van der Waals surface area contributed by atoms with Gasteiger partial charge < -0.3 is 10.4 Å². The quantitative estimate of drug-likeness (QED) is 0.609. The number of hydrogen-bond acceptors (Lipinski definition) is 5. The van der Waals surface area contributed by atoms with E-state index in [9.17, 15) is 9.59 Å². The third kappa shape index (κ3) is 5.44. The summed E-state index contributed by atoms with van der Waals surface area (Å²) in [5.41, 5.74) is 0.691. The average Bonchev–Trinajstić information content (AvgIpc) is 2.33. The number of carbonyl (C=O) groups is 2. The molecule has 18 heavy (non-hydrogen) atoms. The lowest BCUT2D eigenvalue weighted by Gasteiger charge is -2.10. The van der Waals surface area contributed by atoms with Crippen molar-refractivity contribution in [1.82, 2.24) is 5.32 Å². The molecule has 2 N–H and O–H groups in total. The maximum absolute atomic E-state index is 10.8. The van der Waals surface area contributed by atoms with Crippen LogP contribution >= 0.6 is 11.9 Å². The second-order valence-electron chi connectivity index (χ2n) is 3.40. The smallest absolute Gasteiger partial charge is 0.327 e. The lowest BCUT2D eigenvalue weighted by Crippen LogP contribution is -2.41. The molecule has 1 rings (SSSR count). The largest absolute Gasteiger partial charge is 0.480 e. The number of rotatable bonds is 6. The average molecular weight is 267 g/mol. The number of hydrogen-bond donors (Lipinski definition) is 2. The van der Waals surface area contributed by atoms with E-state index in [1.165, 1.54) is 6.92 Å². The van der Waals surface area contributed by atoms with Crippen molar-refractivity contribution in [2.24, 2.45) is 9.63 Å². The Hall–Kier alpha value is -1.89. The molecule has 0 unspecified atom stereocenters. The highest BCUT2D eigenvalue weighted by atomic mass is 32.2. The monoisotopic (exact) mass is 267 g/mol. The van der Waals surface area contributed by atoms with Gasteiger partial charge in [-0.3, -0.25) is 4.79 Å². The summed E-state index contributed by atoms with van der Waals surface area (Å²) in [6, 6.07) is 8.14. The minimum atomic E-state index is -1.09. The van der Waals surface area contributed by atoms with E-state index in [2.05, 4.69) is 15.0 Å². The van der Waals surface area contributed by atoms with Crippen molar-refractivity contribution in [3.8, 4) is 0 Å². The Morgan fingerprint density at radius 1 is 1.39 bits per heavy atom. The van der Waals surface area contributed by atoms with Gasteiger partial charge in [0.25, 0.3) is 0 Å². The van der Waals surface area contributed by atoms with Gasteiger partial charge in [-0.1, -0.05) is 18.2 Å². The van der Waals surface area contributed by atoms with Gasteiger partial charge in [0.15, 0.2) is 0 Å². The Balaban J connectivity index is 2.41. The first-order chi connectivity index (χ1) is 8.59. The van der Waals surface area contributed by atoms with Crippen LogP contribution in [0.4, 0.5) is 5.69 Å². The van der Waals surface area contributed by atoms with E-state index in [4.69, 9.17) is 5.11 Å². The van der Waals surface area contributed by atoms with Crippen LogP contribution in [0.25, 0.3) is 0 Å². The summed E-state index contributed by atoms with van der Waals surface area (Å²) in [7, 11) is 0. The first-order valence-corrected chi connectivity index (χ1v) is 6.12. The van der Waals surface area contributed by atoms with Crippen LogP contribution in [0, 0.1) is 0 Å². The number of benzene rings is 1. The van der Waals surface area contributed by atoms with E-state index in [0.29, 0.717) is 5.69 Å². The zero-order valence-corrected chi connectivity index (χ0v) is 10.6. The highest BCUT2D eigenvalue weighted by Crippen LogP contribution is 2.14. The van der Waals surface area contributed by atoms with E-state index >= 15 is 0 Å². The van der Waals surface area contributed by atoms with Crippen molar-refractivity contribution in [1.29, 1.82) is 0 Å². The summed E-state index contributed by atoms with van der Waals surface area (Å²) in [4.78, 5) is 21.6. The Bertz CT molecular complexity index is 436. The van der Waals surface area contributed by atoms with Crippen molar-refractivity contribution in [2.45, 2.75) is 13.0 Å². The number of carbonyl (C=O) groups excluding carboxylic acids is 1. The molecule has 0 aromatic heterocycles. The van der Waals surface area contributed by atoms with Crippen molar-refractivity contribution in [3.05, 3.63) is 30.3 Å². The predicted molar refractivity (Wildman–Crippen MR) is 68.7 cm³/mol. The first kappa shape index (κ1) is 14.2. The molecule has 1 atom stereocenters. The van der Waals surface area contributed by atoms with E-state index < -0.39 is 12.0 Å². The molecular formula is C11H13N3O3S. The van der Waals surface area contributed by atoms with Crippen LogP contribution in [-0.4, -0.2) is 28.8 Å². The van der Waals surface area contributed by atoms with Crippen LogP contribution in [0.2, 0.25) is 0 Å². The standard InChI is InChI=1S/C11H13N3O3S/c1-8(15)12-10(11(16)17)7-18-14-13-9-5-3-2-4-6-9/h2-6,10H,7H2,1H3,(H,12,15)(H,16,17)/t10-/m1/s1. The van der Waals surface area contributed by atoms with Crippen LogP contribution in [0.15, 0.2) is 40.0 Å². The summed E-state index contributed by atoms with van der Waals surface area (Å²) in [5, 5.41) is 15.1. The SMILES string of the molecule is CC(=O)N[C@H](CSN=Nc1ccccc1)C(=O)O. The summed E-state index contributed by atoms with van der Waals surface area (Å²) in [5.74, 6) is -1.35. The van der Waals surface area contributed by atoms with Crippen molar-refractivity contribution in [2.75, 3.05) is 5.75 Å². The minimum absolute atomic E-state index is 0.130. The summed E-state index contributed by atoms with van der Waals surface area (Å²) in [6.45, 7) is 1.27. The normalized spacial score (nSPS) is 12.3. The fourth-order valence-corrected chi connectivity index (χ4v) is 1.69. The second kappa shape index (κ2) is 7.44. The van der Waals surface area contributed by atoms with E-state index in [-0.39, 0.29) is 11.7 Å². The molecule has 0 aliphatic carbocycles. The number of amides is 1. The minimum Gasteiger partial charge on any atom is -0.480 e. The third-order valence-corrected chi connectivity index (χ3v) is 2.57. The molecule has 0 bridgehead atoms. The summed E-state index contributed by atoms with van der Waals surface area (Å²) >= 11 is 0.989. The topological polar surface area (TPSA) is 91.1 Å². The third-order valence-electron chi connectivity index (χ3n) is 1.89. The van der Waals surface area contributed by atoms with Gasteiger partial charge in [-0.15, -0.1) is 9.63 Å². The molecule has 0 aliphatic heterocycles. The zero-order valence-electron chi connectivity index (χ0n) is 9.74. The maximum Gasteiger partial charge on any atom is 0.327 e. The van der Waals surface area contributed by atoms with Crippen LogP contribution in [-0.2, 0) is 9.59 Å². The van der Waals surface area contributed by atoms with Gasteiger partial charge in [0.05, 0.1) is 5.69 Å². The van der Waals surface area contributed by atoms with Crippen LogP contribution in [0.1, 0.15) is 6.92 Å². The molecule has 96 valence electrons. The lowest BCUT2D eigenvalue weighted by molar-refractivity contribution is -0.140. The Labute approximate surface area is 109 Å².